The van der Waals surface area contributed by atoms with Crippen LogP contribution in [0.1, 0.15) is 16.8 Å². The molecule has 2 heterocycles. The molecule has 3 amide bonds. The molecule has 2 aliphatic heterocycles. The minimum absolute atomic E-state index is 0.169. The molecule has 2 N–H and O–H groups in total. The minimum Gasteiger partial charge on any atom is -0.392 e. The molecule has 1 aromatic carbocycles. The van der Waals surface area contributed by atoms with E-state index in [1.54, 1.807) is 30.5 Å². The number of aliphatic hydroxyl groups excluding tert-OH is 1. The molecule has 22 heavy (non-hydrogen) atoms. The minimum atomic E-state index is -0.523. The third-order valence-corrected chi connectivity index (χ3v) is 3.41. The first-order valence-electron chi connectivity index (χ1n) is 6.85. The number of amidine groups is 1. The van der Waals surface area contributed by atoms with Crippen molar-refractivity contribution in [1.82, 2.24) is 10.2 Å². The van der Waals surface area contributed by atoms with Gasteiger partial charge >= 0.3 is 6.03 Å². The maximum Gasteiger partial charge on any atom is 0.351 e. The molecule has 0 radical (unpaired) electrons. The molecule has 0 saturated carbocycles. The molecule has 0 saturated heterocycles. The molecule has 7 nitrogen and oxygen atoms in total. The molecule has 1 aromatic rings. The number of benzene rings is 1. The largest absolute Gasteiger partial charge is 0.392 e. The molecular weight excluding hydrogens is 286 g/mol. The summed E-state index contributed by atoms with van der Waals surface area (Å²) in [5.41, 5.74) is 1.10. The lowest BCUT2D eigenvalue weighted by molar-refractivity contribution is -0.0212. The van der Waals surface area contributed by atoms with Crippen molar-refractivity contribution >= 4 is 17.8 Å². The molecule has 3 rings (SSSR count). The third-order valence-electron chi connectivity index (χ3n) is 3.41. The zero-order chi connectivity index (χ0) is 15.5. The molecule has 0 bridgehead atoms. The van der Waals surface area contributed by atoms with E-state index in [4.69, 9.17) is 9.84 Å². The van der Waals surface area contributed by atoms with Crippen LogP contribution in [0.5, 0.6) is 0 Å². The Morgan fingerprint density at radius 1 is 1.41 bits per heavy atom. The summed E-state index contributed by atoms with van der Waals surface area (Å²) in [6.45, 7) is 0.0860. The summed E-state index contributed by atoms with van der Waals surface area (Å²) in [7, 11) is 0. The average molecular weight is 301 g/mol. The molecular formula is C15H15N3O4. The Hall–Kier alpha value is -2.51. The van der Waals surface area contributed by atoms with Crippen molar-refractivity contribution in [3.05, 3.63) is 47.7 Å². The summed E-state index contributed by atoms with van der Waals surface area (Å²) in [6, 6.07) is 8.18. The smallest absolute Gasteiger partial charge is 0.351 e. The Kier molecular flexibility index (Phi) is 3.99. The Labute approximate surface area is 126 Å². The van der Waals surface area contributed by atoms with E-state index in [2.05, 4.69) is 10.3 Å². The van der Waals surface area contributed by atoms with Gasteiger partial charge in [-0.15, -0.1) is 0 Å². The number of nitrogens with zero attached hydrogens (tertiary/aromatic N) is 2. The number of nitrogens with one attached hydrogen (secondary N) is 1. The zero-order valence-corrected chi connectivity index (χ0v) is 11.7. The number of amides is 3. The molecule has 0 aromatic heterocycles. The van der Waals surface area contributed by atoms with Gasteiger partial charge in [-0.3, -0.25) is 9.69 Å². The zero-order valence-electron chi connectivity index (χ0n) is 11.7. The number of hydrogen-bond acceptors (Lipinski definition) is 4. The summed E-state index contributed by atoms with van der Waals surface area (Å²) < 4.78 is 5.52. The Balaban J connectivity index is 1.73. The van der Waals surface area contributed by atoms with Crippen molar-refractivity contribution in [2.45, 2.75) is 12.6 Å². The second kappa shape index (κ2) is 6.08. The van der Waals surface area contributed by atoms with E-state index in [0.29, 0.717) is 17.6 Å². The van der Waals surface area contributed by atoms with Crippen molar-refractivity contribution in [3.63, 3.8) is 0 Å². The van der Waals surface area contributed by atoms with E-state index in [0.717, 1.165) is 0 Å². The van der Waals surface area contributed by atoms with Crippen molar-refractivity contribution in [3.8, 4) is 0 Å². The predicted octanol–water partition coefficient (Wildman–Crippen LogP) is 0.873. The predicted molar refractivity (Wildman–Crippen MR) is 78.1 cm³/mol. The summed E-state index contributed by atoms with van der Waals surface area (Å²) in [4.78, 5) is 29.3. The summed E-state index contributed by atoms with van der Waals surface area (Å²) in [6.07, 6.45) is 1.33. The van der Waals surface area contributed by atoms with Gasteiger partial charge in [-0.1, -0.05) is 18.2 Å². The molecule has 1 unspecified atom stereocenters. The van der Waals surface area contributed by atoms with Crippen molar-refractivity contribution in [2.75, 3.05) is 13.2 Å². The highest BCUT2D eigenvalue weighted by molar-refractivity contribution is 6.09. The number of carbonyl (C=O) groups is 2. The molecule has 0 spiro atoms. The van der Waals surface area contributed by atoms with Gasteiger partial charge in [0.25, 0.3) is 5.91 Å². The first-order valence-corrected chi connectivity index (χ1v) is 6.85. The van der Waals surface area contributed by atoms with Crippen LogP contribution < -0.4 is 5.32 Å². The number of urea groups is 1. The SMILES string of the molecule is O=C(NC1=NC(=O)N2C=C(CO)COC2C1)c1ccccc1. The van der Waals surface area contributed by atoms with Crippen LogP contribution in [0.15, 0.2) is 47.1 Å². The van der Waals surface area contributed by atoms with E-state index in [1.807, 2.05) is 6.07 Å². The molecule has 0 fully saturated rings. The summed E-state index contributed by atoms with van der Waals surface area (Å²) in [5, 5.41) is 11.7. The van der Waals surface area contributed by atoms with E-state index < -0.39 is 12.3 Å². The lowest BCUT2D eigenvalue weighted by Gasteiger charge is -2.35. The van der Waals surface area contributed by atoms with Crippen LogP contribution in [-0.4, -0.2) is 47.2 Å². The molecule has 114 valence electrons. The van der Waals surface area contributed by atoms with Crippen LogP contribution in [0.2, 0.25) is 0 Å². The van der Waals surface area contributed by atoms with Crippen LogP contribution in [0.25, 0.3) is 0 Å². The maximum absolute atomic E-state index is 12.1. The van der Waals surface area contributed by atoms with Gasteiger partial charge in [0.1, 0.15) is 12.1 Å². The summed E-state index contributed by atoms with van der Waals surface area (Å²) >= 11 is 0. The lowest BCUT2D eigenvalue weighted by Crippen LogP contribution is -2.49. The third kappa shape index (κ3) is 2.90. The highest BCUT2D eigenvalue weighted by atomic mass is 16.5. The molecule has 2 aliphatic rings. The number of rotatable bonds is 2. The second-order valence-corrected chi connectivity index (χ2v) is 4.98. The van der Waals surface area contributed by atoms with Gasteiger partial charge in [-0.05, 0) is 17.7 Å². The second-order valence-electron chi connectivity index (χ2n) is 4.98. The fourth-order valence-corrected chi connectivity index (χ4v) is 2.28. The average Bonchev–Trinajstić information content (AvgIpc) is 2.55. The maximum atomic E-state index is 12.1. The van der Waals surface area contributed by atoms with Gasteiger partial charge in [0.2, 0.25) is 0 Å². The fourth-order valence-electron chi connectivity index (χ4n) is 2.28. The molecule has 0 aliphatic carbocycles. The number of hydrogen-bond donors (Lipinski definition) is 2. The first-order chi connectivity index (χ1) is 10.7. The van der Waals surface area contributed by atoms with Gasteiger partial charge in [-0.2, -0.15) is 4.99 Å². The number of fused-ring (bicyclic) bond motifs is 1. The Morgan fingerprint density at radius 3 is 2.91 bits per heavy atom. The number of aliphatic imine (C=N–C) groups is 1. The van der Waals surface area contributed by atoms with Gasteiger partial charge in [0.05, 0.1) is 19.6 Å². The molecule has 7 heteroatoms. The first kappa shape index (κ1) is 14.4. The number of ether oxygens (including phenoxy) is 1. The van der Waals surface area contributed by atoms with E-state index in [1.165, 1.54) is 4.90 Å². The van der Waals surface area contributed by atoms with Crippen LogP contribution in [0.3, 0.4) is 0 Å². The monoisotopic (exact) mass is 301 g/mol. The topological polar surface area (TPSA) is 91.2 Å². The van der Waals surface area contributed by atoms with Crippen LogP contribution in [0.4, 0.5) is 4.79 Å². The quantitative estimate of drug-likeness (QED) is 0.848. The van der Waals surface area contributed by atoms with Crippen molar-refractivity contribution in [1.29, 1.82) is 0 Å². The van der Waals surface area contributed by atoms with Gasteiger partial charge in [-0.25, -0.2) is 4.79 Å². The van der Waals surface area contributed by atoms with E-state index >= 15 is 0 Å². The number of aliphatic hydroxyl groups is 1. The summed E-state index contributed by atoms with van der Waals surface area (Å²) in [5.74, 6) is -0.0380. The van der Waals surface area contributed by atoms with Crippen LogP contribution in [-0.2, 0) is 4.74 Å². The lowest BCUT2D eigenvalue weighted by atomic mass is 10.2. The van der Waals surface area contributed by atoms with E-state index in [9.17, 15) is 9.59 Å². The fraction of sp³-hybridized carbons (Fsp3) is 0.267. The van der Waals surface area contributed by atoms with Crippen molar-refractivity contribution in [2.24, 2.45) is 4.99 Å². The van der Waals surface area contributed by atoms with Crippen molar-refractivity contribution < 1.29 is 19.4 Å². The Morgan fingerprint density at radius 2 is 2.18 bits per heavy atom. The Bertz CT molecular complexity index is 654. The van der Waals surface area contributed by atoms with Crippen LogP contribution in [0, 0.1) is 0 Å². The van der Waals surface area contributed by atoms with Gasteiger partial charge in [0, 0.05) is 11.8 Å². The van der Waals surface area contributed by atoms with E-state index in [-0.39, 0.29) is 25.0 Å². The van der Waals surface area contributed by atoms with Crippen LogP contribution >= 0.6 is 0 Å². The normalized spacial score (nSPS) is 20.9. The molecule has 1 atom stereocenters. The standard InChI is InChI=1S/C15H15N3O4/c19-8-10-7-18-13(22-9-10)6-12(17-15(18)21)16-14(20)11-4-2-1-3-5-11/h1-5,7,13,19H,6,8-9H2,(H,16,17,20,21). The highest BCUT2D eigenvalue weighted by Crippen LogP contribution is 2.21. The highest BCUT2D eigenvalue weighted by Gasteiger charge is 2.33. The van der Waals surface area contributed by atoms with Gasteiger partial charge in [0.15, 0.2) is 0 Å². The number of carbonyl (C=O) groups excluding carboxylic acids is 2. The van der Waals surface area contributed by atoms with Gasteiger partial charge < -0.3 is 15.2 Å².